The minimum absolute atomic E-state index is 0.00628. The fourth-order valence-corrected chi connectivity index (χ4v) is 1.79. The van der Waals surface area contributed by atoms with E-state index in [0.717, 1.165) is 4.90 Å². The lowest BCUT2D eigenvalue weighted by Crippen LogP contribution is -2.44. The quantitative estimate of drug-likeness (QED) is 0.535. The highest BCUT2D eigenvalue weighted by Crippen LogP contribution is 2.17. The van der Waals surface area contributed by atoms with Gasteiger partial charge in [-0.2, -0.15) is 0 Å². The first-order valence-electron chi connectivity index (χ1n) is 4.46. The molecule has 1 atom stereocenters. The highest BCUT2D eigenvalue weighted by molar-refractivity contribution is 6.05. The highest BCUT2D eigenvalue weighted by Gasteiger charge is 2.42. The Morgan fingerprint density at radius 1 is 1.36 bits per heavy atom. The molecule has 0 aromatic carbocycles. The highest BCUT2D eigenvalue weighted by atomic mass is 16.2. The number of rotatable bonds is 1. The molecule has 0 bridgehead atoms. The van der Waals surface area contributed by atoms with E-state index in [1.807, 2.05) is 0 Å². The van der Waals surface area contributed by atoms with E-state index in [-0.39, 0.29) is 18.4 Å². The van der Waals surface area contributed by atoms with Crippen LogP contribution in [-0.4, -0.2) is 53.8 Å². The monoisotopic (exact) mass is 197 g/mol. The van der Waals surface area contributed by atoms with Crippen molar-refractivity contribution in [3.05, 3.63) is 0 Å². The Labute approximate surface area is 80.8 Å². The predicted octanol–water partition coefficient (Wildman–Crippen LogP) is -1.23. The molecule has 14 heavy (non-hydrogen) atoms. The molecular formula is C8H11N3O3. The second kappa shape index (κ2) is 2.97. The van der Waals surface area contributed by atoms with Crippen LogP contribution in [0.25, 0.3) is 0 Å². The van der Waals surface area contributed by atoms with E-state index >= 15 is 0 Å². The number of likely N-dealkylation sites (N-methyl/N-ethyl adjacent to an activating group) is 1. The maximum Gasteiger partial charge on any atom is 0.325 e. The summed E-state index contributed by atoms with van der Waals surface area (Å²) in [7, 11) is 1.67. The maximum atomic E-state index is 11.5. The molecule has 4 amide bonds. The topological polar surface area (TPSA) is 69.7 Å². The molecule has 2 fully saturated rings. The summed E-state index contributed by atoms with van der Waals surface area (Å²) in [5.74, 6) is -0.473. The number of hydrogen-bond acceptors (Lipinski definition) is 3. The van der Waals surface area contributed by atoms with Crippen LogP contribution in [0.1, 0.15) is 6.42 Å². The normalized spacial score (nSPS) is 27.5. The number of imide groups is 1. The number of hydrogen-bond donors (Lipinski definition) is 1. The van der Waals surface area contributed by atoms with Crippen LogP contribution in [0.2, 0.25) is 0 Å². The minimum atomic E-state index is -0.588. The van der Waals surface area contributed by atoms with Crippen molar-refractivity contribution < 1.29 is 14.4 Å². The summed E-state index contributed by atoms with van der Waals surface area (Å²) in [4.78, 5) is 36.6. The second-order valence-corrected chi connectivity index (χ2v) is 3.49. The van der Waals surface area contributed by atoms with Crippen LogP contribution in [0.5, 0.6) is 0 Å². The summed E-state index contributed by atoms with van der Waals surface area (Å²) >= 11 is 0. The summed E-state index contributed by atoms with van der Waals surface area (Å²) in [6, 6.07) is -1.04. The lowest BCUT2D eigenvalue weighted by molar-refractivity contribution is -0.136. The van der Waals surface area contributed by atoms with E-state index in [4.69, 9.17) is 0 Å². The molecule has 2 aliphatic rings. The Morgan fingerprint density at radius 2 is 2.07 bits per heavy atom. The molecule has 0 saturated carbocycles. The van der Waals surface area contributed by atoms with Gasteiger partial charge in [0.25, 0.3) is 5.91 Å². The van der Waals surface area contributed by atoms with Crippen molar-refractivity contribution in [2.75, 3.05) is 20.1 Å². The first kappa shape index (κ1) is 8.98. The van der Waals surface area contributed by atoms with Gasteiger partial charge >= 0.3 is 6.03 Å². The van der Waals surface area contributed by atoms with E-state index < -0.39 is 12.1 Å². The van der Waals surface area contributed by atoms with Gasteiger partial charge in [-0.05, 0) is 6.42 Å². The van der Waals surface area contributed by atoms with Gasteiger partial charge in [-0.3, -0.25) is 14.5 Å². The first-order valence-corrected chi connectivity index (χ1v) is 4.46. The molecule has 0 aliphatic carbocycles. The zero-order valence-corrected chi connectivity index (χ0v) is 7.82. The molecule has 2 rings (SSSR count). The third kappa shape index (κ3) is 1.14. The Morgan fingerprint density at radius 3 is 2.50 bits per heavy atom. The Bertz CT molecular complexity index is 299. The van der Waals surface area contributed by atoms with Gasteiger partial charge in [-0.1, -0.05) is 0 Å². The molecule has 1 N–H and O–H groups in total. The SMILES string of the molecule is CN1CCC(N2C(=O)CNC2=O)C1=O. The van der Waals surface area contributed by atoms with Crippen molar-refractivity contribution in [2.45, 2.75) is 12.5 Å². The maximum absolute atomic E-state index is 11.5. The summed E-state index contributed by atoms with van der Waals surface area (Å²) in [6.45, 7) is 0.604. The number of urea groups is 1. The average Bonchev–Trinajstić information content (AvgIpc) is 2.62. The number of carbonyl (C=O) groups excluding carboxylic acids is 3. The zero-order chi connectivity index (χ0) is 10.3. The smallest absolute Gasteiger partial charge is 0.325 e. The third-order valence-electron chi connectivity index (χ3n) is 2.59. The second-order valence-electron chi connectivity index (χ2n) is 3.49. The van der Waals surface area contributed by atoms with Gasteiger partial charge in [0.05, 0.1) is 6.54 Å². The van der Waals surface area contributed by atoms with E-state index in [0.29, 0.717) is 13.0 Å². The molecule has 2 aliphatic heterocycles. The van der Waals surface area contributed by atoms with Crippen LogP contribution in [0.4, 0.5) is 4.79 Å². The summed E-state index contributed by atoms with van der Waals surface area (Å²) < 4.78 is 0. The first-order chi connectivity index (χ1) is 6.61. The molecule has 1 unspecified atom stereocenters. The Kier molecular flexibility index (Phi) is 1.90. The fourth-order valence-electron chi connectivity index (χ4n) is 1.79. The van der Waals surface area contributed by atoms with Crippen LogP contribution >= 0.6 is 0 Å². The lowest BCUT2D eigenvalue weighted by Gasteiger charge is -2.18. The zero-order valence-electron chi connectivity index (χ0n) is 7.82. The predicted molar refractivity (Wildman–Crippen MR) is 46.3 cm³/mol. The van der Waals surface area contributed by atoms with E-state index in [1.165, 1.54) is 4.90 Å². The summed E-state index contributed by atoms with van der Waals surface area (Å²) in [5.41, 5.74) is 0. The Hall–Kier alpha value is -1.59. The summed E-state index contributed by atoms with van der Waals surface area (Å²) in [6.07, 6.45) is 0.536. The number of carbonyl (C=O) groups is 3. The molecule has 76 valence electrons. The van der Waals surface area contributed by atoms with Gasteiger partial charge in [-0.15, -0.1) is 0 Å². The van der Waals surface area contributed by atoms with Crippen LogP contribution in [0, 0.1) is 0 Å². The molecule has 0 spiro atoms. The van der Waals surface area contributed by atoms with E-state index in [9.17, 15) is 14.4 Å². The van der Waals surface area contributed by atoms with Crippen molar-refractivity contribution >= 4 is 17.8 Å². The van der Waals surface area contributed by atoms with Gasteiger partial charge in [0.1, 0.15) is 6.04 Å². The summed E-state index contributed by atoms with van der Waals surface area (Å²) in [5, 5.41) is 2.40. The van der Waals surface area contributed by atoms with Gasteiger partial charge in [0, 0.05) is 13.6 Å². The lowest BCUT2D eigenvalue weighted by atomic mass is 10.2. The minimum Gasteiger partial charge on any atom is -0.344 e. The van der Waals surface area contributed by atoms with Crippen LogP contribution in [0.3, 0.4) is 0 Å². The molecule has 6 nitrogen and oxygen atoms in total. The van der Waals surface area contributed by atoms with Crippen LogP contribution in [-0.2, 0) is 9.59 Å². The number of nitrogens with zero attached hydrogens (tertiary/aromatic N) is 2. The van der Waals surface area contributed by atoms with Crippen LogP contribution in [0.15, 0.2) is 0 Å². The van der Waals surface area contributed by atoms with Gasteiger partial charge < -0.3 is 10.2 Å². The fraction of sp³-hybridized carbons (Fsp3) is 0.625. The molecule has 6 heteroatoms. The van der Waals surface area contributed by atoms with Crippen molar-refractivity contribution in [2.24, 2.45) is 0 Å². The average molecular weight is 197 g/mol. The molecular weight excluding hydrogens is 186 g/mol. The molecule has 0 radical (unpaired) electrons. The largest absolute Gasteiger partial charge is 0.344 e. The molecule has 2 saturated heterocycles. The van der Waals surface area contributed by atoms with Crippen molar-refractivity contribution in [1.29, 1.82) is 0 Å². The number of amides is 4. The van der Waals surface area contributed by atoms with Gasteiger partial charge in [0.15, 0.2) is 0 Å². The van der Waals surface area contributed by atoms with Gasteiger partial charge in [0.2, 0.25) is 5.91 Å². The Balaban J connectivity index is 2.19. The third-order valence-corrected chi connectivity index (χ3v) is 2.59. The molecule has 0 aromatic rings. The van der Waals surface area contributed by atoms with Crippen molar-refractivity contribution in [3.8, 4) is 0 Å². The van der Waals surface area contributed by atoms with Crippen molar-refractivity contribution in [1.82, 2.24) is 15.1 Å². The molecule has 2 heterocycles. The van der Waals surface area contributed by atoms with Gasteiger partial charge in [-0.25, -0.2) is 4.79 Å². The number of likely N-dealkylation sites (tertiary alicyclic amines) is 1. The van der Waals surface area contributed by atoms with E-state index in [1.54, 1.807) is 7.05 Å². The van der Waals surface area contributed by atoms with E-state index in [2.05, 4.69) is 5.32 Å². The van der Waals surface area contributed by atoms with Crippen molar-refractivity contribution in [3.63, 3.8) is 0 Å². The van der Waals surface area contributed by atoms with Crippen LogP contribution < -0.4 is 5.32 Å². The number of nitrogens with one attached hydrogen (secondary N) is 1. The standard InChI is InChI=1S/C8H11N3O3/c1-10-3-2-5(7(10)13)11-6(12)4-9-8(11)14/h5H,2-4H2,1H3,(H,9,14). The molecule has 0 aromatic heterocycles.